The highest BCUT2D eigenvalue weighted by Crippen LogP contribution is 2.54. The molecule has 2 aliphatic rings. The molecule has 0 spiro atoms. The first-order valence-corrected chi connectivity index (χ1v) is 16.2. The van der Waals surface area contributed by atoms with Crippen LogP contribution in [0.2, 0.25) is 5.02 Å². The largest absolute Gasteiger partial charge is 0.462 e. The topological polar surface area (TPSA) is 115 Å². The molecule has 0 aliphatic carbocycles. The third kappa shape index (κ3) is 6.20. The van der Waals surface area contributed by atoms with Crippen LogP contribution in [0, 0.1) is 5.92 Å². The molecule has 15 heteroatoms. The van der Waals surface area contributed by atoms with E-state index < -0.39 is 63.9 Å². The van der Waals surface area contributed by atoms with E-state index in [2.05, 4.69) is 5.32 Å². The molecule has 242 valence electrons. The summed E-state index contributed by atoms with van der Waals surface area (Å²) < 4.78 is 46.7. The monoisotopic (exact) mass is 701 g/mol. The van der Waals surface area contributed by atoms with Crippen molar-refractivity contribution in [2.45, 2.75) is 35.8 Å². The van der Waals surface area contributed by atoms with Gasteiger partial charge in [0.25, 0.3) is 0 Å². The van der Waals surface area contributed by atoms with Gasteiger partial charge in [0.15, 0.2) is 0 Å². The van der Waals surface area contributed by atoms with Crippen LogP contribution in [0.15, 0.2) is 82.6 Å². The van der Waals surface area contributed by atoms with E-state index in [1.165, 1.54) is 34.9 Å². The minimum atomic E-state index is -4.70. The Morgan fingerprint density at radius 1 is 0.979 bits per heavy atom. The number of nitrogens with one attached hydrogen (secondary N) is 1. The van der Waals surface area contributed by atoms with Crippen LogP contribution in [-0.2, 0) is 31.8 Å². The lowest BCUT2D eigenvalue weighted by molar-refractivity contribution is -0.137. The third-order valence-corrected chi connectivity index (χ3v) is 10.5. The SMILES string of the molecule is CCOC(=O)c1ccc(NC(=O)Cn2c3c(sc2=O)[C@@H](c2ccc(Cl)cc2)C2C(=O)N(c4cccc(C(F)(F)F)c4)C(=O)C2S3)cc1. The molecule has 0 bridgehead atoms. The number of hydrogen-bond donors (Lipinski definition) is 1. The van der Waals surface area contributed by atoms with Crippen LogP contribution >= 0.6 is 34.7 Å². The molecular formula is C32H23ClF3N3O6S2. The number of hydrogen-bond acceptors (Lipinski definition) is 8. The maximum atomic E-state index is 14.0. The van der Waals surface area contributed by atoms with E-state index in [0.717, 1.165) is 46.2 Å². The van der Waals surface area contributed by atoms with Crippen molar-refractivity contribution in [3.63, 3.8) is 0 Å². The first kappa shape index (κ1) is 32.5. The number of thiazole rings is 1. The van der Waals surface area contributed by atoms with E-state index in [9.17, 15) is 37.1 Å². The predicted molar refractivity (Wildman–Crippen MR) is 170 cm³/mol. The van der Waals surface area contributed by atoms with Gasteiger partial charge in [0, 0.05) is 21.5 Å². The van der Waals surface area contributed by atoms with Crippen LogP contribution in [0.3, 0.4) is 0 Å². The van der Waals surface area contributed by atoms with Crippen LogP contribution in [-0.4, -0.2) is 40.1 Å². The minimum Gasteiger partial charge on any atom is -0.462 e. The van der Waals surface area contributed by atoms with Crippen molar-refractivity contribution in [2.75, 3.05) is 16.8 Å². The fourth-order valence-electron chi connectivity index (χ4n) is 5.61. The Kier molecular flexibility index (Phi) is 8.76. The summed E-state index contributed by atoms with van der Waals surface area (Å²) in [5, 5.41) is 2.30. The minimum absolute atomic E-state index is 0.207. The highest BCUT2D eigenvalue weighted by Gasteiger charge is 2.57. The molecule has 2 unspecified atom stereocenters. The normalized spacial score (nSPS) is 18.9. The zero-order valence-corrected chi connectivity index (χ0v) is 26.6. The number of carbonyl (C=O) groups excluding carboxylic acids is 4. The maximum Gasteiger partial charge on any atom is 0.416 e. The standard InChI is InChI=1S/C32H23ClF3N3O6S2/c1-2-45-30(43)17-8-12-20(13-9-17)37-22(40)15-38-29-26(47-31(38)44)23(16-6-10-19(33)11-7-16)24-25(46-29)28(42)39(27(24)41)21-5-3-4-18(14-21)32(34,35)36/h3-14,23-25H,2,15H2,1H3,(H,37,40)/t23-,24?,25?/m0/s1. The molecule has 2 aliphatic heterocycles. The molecule has 3 atom stereocenters. The lowest BCUT2D eigenvalue weighted by Crippen LogP contribution is -2.33. The van der Waals surface area contributed by atoms with Gasteiger partial charge in [-0.25, -0.2) is 9.69 Å². The van der Waals surface area contributed by atoms with Gasteiger partial charge in [0.1, 0.15) is 11.8 Å². The number of thioether (sulfide) groups is 1. The van der Waals surface area contributed by atoms with Gasteiger partial charge in [0.05, 0.1) is 34.4 Å². The molecule has 0 radical (unpaired) electrons. The van der Waals surface area contributed by atoms with Gasteiger partial charge < -0.3 is 10.1 Å². The molecule has 1 N–H and O–H groups in total. The fraction of sp³-hybridized carbons (Fsp3) is 0.219. The predicted octanol–water partition coefficient (Wildman–Crippen LogP) is 6.19. The van der Waals surface area contributed by atoms with Gasteiger partial charge in [-0.3, -0.25) is 23.7 Å². The molecule has 47 heavy (non-hydrogen) atoms. The number of fused-ring (bicyclic) bond motifs is 2. The summed E-state index contributed by atoms with van der Waals surface area (Å²) in [7, 11) is 0. The van der Waals surface area contributed by atoms with Crippen molar-refractivity contribution in [2.24, 2.45) is 5.92 Å². The number of benzene rings is 3. The van der Waals surface area contributed by atoms with Gasteiger partial charge in [-0.1, -0.05) is 52.9 Å². The Morgan fingerprint density at radius 3 is 2.34 bits per heavy atom. The van der Waals surface area contributed by atoms with E-state index in [4.69, 9.17) is 16.3 Å². The number of amides is 3. The quantitative estimate of drug-likeness (QED) is 0.181. The fourth-order valence-corrected chi connectivity index (χ4v) is 8.51. The Morgan fingerprint density at radius 2 is 1.68 bits per heavy atom. The second-order valence-corrected chi connectivity index (χ2v) is 13.2. The third-order valence-electron chi connectivity index (χ3n) is 7.69. The van der Waals surface area contributed by atoms with Crippen molar-refractivity contribution >= 4 is 69.8 Å². The van der Waals surface area contributed by atoms with Crippen molar-refractivity contribution in [3.8, 4) is 0 Å². The Balaban J connectivity index is 1.34. The van der Waals surface area contributed by atoms with Crippen LogP contribution in [0.1, 0.15) is 39.2 Å². The lowest BCUT2D eigenvalue weighted by atomic mass is 9.83. The van der Waals surface area contributed by atoms with Gasteiger partial charge in [0.2, 0.25) is 17.7 Å². The average molecular weight is 702 g/mol. The van der Waals surface area contributed by atoms with Crippen LogP contribution in [0.4, 0.5) is 24.5 Å². The summed E-state index contributed by atoms with van der Waals surface area (Å²) in [6.45, 7) is 1.46. The number of aromatic nitrogens is 1. The Labute approximate surface area is 278 Å². The van der Waals surface area contributed by atoms with Crippen LogP contribution < -0.4 is 15.1 Å². The molecular weight excluding hydrogens is 679 g/mol. The van der Waals surface area contributed by atoms with Crippen molar-refractivity contribution in [3.05, 3.63) is 109 Å². The van der Waals surface area contributed by atoms with E-state index in [1.807, 2.05) is 0 Å². The van der Waals surface area contributed by atoms with Gasteiger partial charge in [-0.15, -0.1) is 0 Å². The first-order valence-electron chi connectivity index (χ1n) is 14.1. The van der Waals surface area contributed by atoms with Gasteiger partial charge >= 0.3 is 17.0 Å². The van der Waals surface area contributed by atoms with E-state index >= 15 is 0 Å². The zero-order valence-electron chi connectivity index (χ0n) is 24.2. The Hall–Kier alpha value is -4.40. The van der Waals surface area contributed by atoms with Crippen molar-refractivity contribution < 1.29 is 37.1 Å². The summed E-state index contributed by atoms with van der Waals surface area (Å²) in [4.78, 5) is 66.9. The number of nitrogens with zero attached hydrogens (tertiary/aromatic N) is 2. The number of carbonyl (C=O) groups is 4. The summed E-state index contributed by atoms with van der Waals surface area (Å²) in [6.07, 6.45) is -4.70. The molecule has 3 amide bonds. The second-order valence-electron chi connectivity index (χ2n) is 10.6. The second kappa shape index (κ2) is 12.7. The molecule has 1 saturated heterocycles. The summed E-state index contributed by atoms with van der Waals surface area (Å²) in [5.41, 5.74) is -0.00412. The van der Waals surface area contributed by atoms with Crippen molar-refractivity contribution in [1.82, 2.24) is 4.57 Å². The molecule has 3 heterocycles. The van der Waals surface area contributed by atoms with Gasteiger partial charge in [-0.2, -0.15) is 13.2 Å². The summed E-state index contributed by atoms with van der Waals surface area (Å²) in [5.74, 6) is -4.38. The number of ether oxygens (including phenoxy) is 1. The van der Waals surface area contributed by atoms with Crippen molar-refractivity contribution in [1.29, 1.82) is 0 Å². The number of halogens is 4. The smallest absolute Gasteiger partial charge is 0.416 e. The molecule has 0 saturated carbocycles. The van der Waals surface area contributed by atoms with Crippen LogP contribution in [0.5, 0.6) is 0 Å². The zero-order chi connectivity index (χ0) is 33.6. The van der Waals surface area contributed by atoms with E-state index in [-0.39, 0.29) is 12.3 Å². The van der Waals surface area contributed by atoms with E-state index in [1.54, 1.807) is 31.2 Å². The van der Waals surface area contributed by atoms with Crippen LogP contribution in [0.25, 0.3) is 0 Å². The summed E-state index contributed by atoms with van der Waals surface area (Å²) in [6, 6.07) is 16.5. The number of alkyl halides is 3. The van der Waals surface area contributed by atoms with Gasteiger partial charge in [-0.05, 0) is 67.1 Å². The molecule has 9 nitrogen and oxygen atoms in total. The highest BCUT2D eigenvalue weighted by atomic mass is 35.5. The lowest BCUT2D eigenvalue weighted by Gasteiger charge is -2.30. The number of anilines is 2. The maximum absolute atomic E-state index is 14.0. The molecule has 3 aromatic carbocycles. The first-order chi connectivity index (χ1) is 22.4. The number of esters is 1. The number of rotatable bonds is 7. The summed E-state index contributed by atoms with van der Waals surface area (Å²) >= 11 is 7.88. The Bertz CT molecular complexity index is 1960. The molecule has 1 fully saturated rings. The highest BCUT2D eigenvalue weighted by molar-refractivity contribution is 8.00. The average Bonchev–Trinajstić information content (AvgIpc) is 3.47. The molecule has 4 aromatic rings. The number of imide groups is 1. The molecule has 1 aromatic heterocycles. The molecule has 6 rings (SSSR count). The van der Waals surface area contributed by atoms with E-state index in [0.29, 0.717) is 31.7 Å².